The molecule has 0 radical (unpaired) electrons. The first-order valence-electron chi connectivity index (χ1n) is 7.77. The van der Waals surface area contributed by atoms with Gasteiger partial charge in [-0.1, -0.05) is 13.8 Å². The zero-order valence-corrected chi connectivity index (χ0v) is 16.5. The van der Waals surface area contributed by atoms with E-state index in [9.17, 15) is 23.3 Å². The topological polar surface area (TPSA) is 144 Å². The Labute approximate surface area is 159 Å². The average Bonchev–Trinajstić information content (AvgIpc) is 2.54. The Morgan fingerprint density at radius 2 is 1.85 bits per heavy atom. The highest BCUT2D eigenvalue weighted by Gasteiger charge is 2.28. The maximum absolute atomic E-state index is 12.1. The fraction of sp³-hybridized carbons (Fsp3) is 0.533. The molecule has 0 saturated heterocycles. The molecule has 4 N–H and O–H groups in total. The minimum absolute atomic E-state index is 0. The number of rotatable bonds is 9. The Hall–Kier alpha value is -1.75. The zero-order chi connectivity index (χ0) is 19.3. The van der Waals surface area contributed by atoms with Gasteiger partial charge in [-0.3, -0.25) is 14.9 Å². The Balaban J connectivity index is 0.00000625. The van der Waals surface area contributed by atoms with Crippen LogP contribution in [0.25, 0.3) is 0 Å². The molecule has 0 aliphatic heterocycles. The number of halogens is 1. The molecule has 1 aromatic rings. The Morgan fingerprint density at radius 1 is 1.31 bits per heavy atom. The lowest BCUT2D eigenvalue weighted by molar-refractivity contribution is -0.384. The third-order valence-electron chi connectivity index (χ3n) is 4.13. The molecular formula is C15H25ClN4O5S. The van der Waals surface area contributed by atoms with E-state index in [2.05, 4.69) is 10.0 Å². The third-order valence-corrected chi connectivity index (χ3v) is 5.60. The van der Waals surface area contributed by atoms with Crippen LogP contribution in [0.3, 0.4) is 0 Å². The number of carbonyl (C=O) groups excluding carboxylic acids is 1. The van der Waals surface area contributed by atoms with Gasteiger partial charge in [-0.05, 0) is 25.0 Å². The summed E-state index contributed by atoms with van der Waals surface area (Å²) in [5.74, 6) is -0.189. The number of carbonyl (C=O) groups is 1. The van der Waals surface area contributed by atoms with Gasteiger partial charge in [0.1, 0.15) is 0 Å². The molecule has 1 rings (SSSR count). The first-order valence-corrected chi connectivity index (χ1v) is 9.25. The number of nitrogens with two attached hydrogens (primary N) is 1. The summed E-state index contributed by atoms with van der Waals surface area (Å²) < 4.78 is 26.5. The quantitative estimate of drug-likeness (QED) is 0.413. The van der Waals surface area contributed by atoms with Gasteiger partial charge in [-0.25, -0.2) is 13.1 Å². The van der Waals surface area contributed by atoms with Crippen LogP contribution in [-0.4, -0.2) is 37.9 Å². The number of nitro benzene ring substituents is 1. The third kappa shape index (κ3) is 6.52. The molecule has 0 fully saturated rings. The summed E-state index contributed by atoms with van der Waals surface area (Å²) in [6.07, 6.45) is -0.0471. The van der Waals surface area contributed by atoms with E-state index < -0.39 is 20.5 Å². The fourth-order valence-corrected chi connectivity index (χ4v) is 2.97. The summed E-state index contributed by atoms with van der Waals surface area (Å²) in [5.41, 5.74) is 4.93. The fourth-order valence-electron chi connectivity index (χ4n) is 1.94. The van der Waals surface area contributed by atoms with Gasteiger partial charge in [0.15, 0.2) is 0 Å². The van der Waals surface area contributed by atoms with Crippen molar-refractivity contribution in [1.29, 1.82) is 0 Å². The van der Waals surface area contributed by atoms with Gasteiger partial charge in [-0.2, -0.15) is 0 Å². The summed E-state index contributed by atoms with van der Waals surface area (Å²) in [6, 6.07) is 4.50. The first kappa shape index (κ1) is 24.2. The number of benzene rings is 1. The van der Waals surface area contributed by atoms with E-state index in [4.69, 9.17) is 5.73 Å². The van der Waals surface area contributed by atoms with Crippen LogP contribution < -0.4 is 15.8 Å². The number of amides is 1. The van der Waals surface area contributed by atoms with E-state index in [1.54, 1.807) is 0 Å². The summed E-state index contributed by atoms with van der Waals surface area (Å²) in [6.45, 7) is 5.88. The van der Waals surface area contributed by atoms with Gasteiger partial charge in [0, 0.05) is 31.6 Å². The highest BCUT2D eigenvalue weighted by Crippen LogP contribution is 2.16. The number of sulfonamides is 1. The predicted octanol–water partition coefficient (Wildman–Crippen LogP) is 1.17. The number of hydrogen-bond acceptors (Lipinski definition) is 6. The number of nitrogens with zero attached hydrogens (tertiary/aromatic N) is 1. The largest absolute Gasteiger partial charge is 0.349 e. The highest BCUT2D eigenvalue weighted by atomic mass is 35.5. The molecule has 26 heavy (non-hydrogen) atoms. The molecule has 1 aromatic carbocycles. The lowest BCUT2D eigenvalue weighted by atomic mass is 9.88. The van der Waals surface area contributed by atoms with Crippen molar-refractivity contribution < 1.29 is 18.1 Å². The van der Waals surface area contributed by atoms with Gasteiger partial charge in [0.2, 0.25) is 15.9 Å². The van der Waals surface area contributed by atoms with Crippen LogP contribution in [0.15, 0.2) is 29.2 Å². The molecule has 0 aliphatic rings. The molecule has 148 valence electrons. The van der Waals surface area contributed by atoms with Crippen molar-refractivity contribution in [2.45, 2.75) is 37.6 Å². The smallest absolute Gasteiger partial charge is 0.269 e. The van der Waals surface area contributed by atoms with E-state index in [-0.39, 0.29) is 54.3 Å². The highest BCUT2D eigenvalue weighted by molar-refractivity contribution is 7.89. The maximum Gasteiger partial charge on any atom is 0.269 e. The molecule has 0 aromatic heterocycles. The van der Waals surface area contributed by atoms with Gasteiger partial charge in [-0.15, -0.1) is 12.4 Å². The number of nitrogens with one attached hydrogen (secondary N) is 2. The van der Waals surface area contributed by atoms with Crippen molar-refractivity contribution in [3.05, 3.63) is 34.4 Å². The van der Waals surface area contributed by atoms with E-state index in [0.29, 0.717) is 0 Å². The van der Waals surface area contributed by atoms with Crippen molar-refractivity contribution in [2.24, 2.45) is 11.7 Å². The molecule has 9 nitrogen and oxygen atoms in total. The predicted molar refractivity (Wildman–Crippen MR) is 101 cm³/mol. The Kier molecular flexibility index (Phi) is 9.15. The summed E-state index contributed by atoms with van der Waals surface area (Å²) >= 11 is 0. The summed E-state index contributed by atoms with van der Waals surface area (Å²) in [7, 11) is -3.84. The second kappa shape index (κ2) is 9.81. The standard InChI is InChI=1S/C15H24N4O5S.ClH/c1-11(2)15(3,10-16)18-14(20)8-9-17-25(23,24)13-6-4-12(5-7-13)19(21)22;/h4-7,11,17H,8-10,16H2,1-3H3,(H,18,20);1H. The average molecular weight is 409 g/mol. The molecule has 0 aliphatic carbocycles. The van der Waals surface area contributed by atoms with Crippen molar-refractivity contribution in [1.82, 2.24) is 10.0 Å². The minimum atomic E-state index is -3.84. The van der Waals surface area contributed by atoms with Crippen molar-refractivity contribution >= 4 is 34.0 Å². The van der Waals surface area contributed by atoms with E-state index >= 15 is 0 Å². The van der Waals surface area contributed by atoms with E-state index in [1.807, 2.05) is 20.8 Å². The Bertz CT molecular complexity index is 724. The number of hydrogen-bond donors (Lipinski definition) is 3. The van der Waals surface area contributed by atoms with Crippen LogP contribution in [0.2, 0.25) is 0 Å². The van der Waals surface area contributed by atoms with Gasteiger partial charge < -0.3 is 11.1 Å². The molecule has 0 heterocycles. The maximum atomic E-state index is 12.1. The van der Waals surface area contributed by atoms with Crippen LogP contribution in [0.5, 0.6) is 0 Å². The van der Waals surface area contributed by atoms with Crippen LogP contribution in [0, 0.1) is 16.0 Å². The molecule has 1 amide bonds. The monoisotopic (exact) mass is 408 g/mol. The van der Waals surface area contributed by atoms with Crippen molar-refractivity contribution in [3.8, 4) is 0 Å². The summed E-state index contributed by atoms with van der Waals surface area (Å²) in [4.78, 5) is 21.9. The SMILES string of the molecule is CC(C)C(C)(CN)NC(=O)CCNS(=O)(=O)c1ccc([N+](=O)[O-])cc1.Cl. The second-order valence-corrected chi connectivity index (χ2v) is 7.99. The van der Waals surface area contributed by atoms with Crippen LogP contribution in [0.1, 0.15) is 27.2 Å². The van der Waals surface area contributed by atoms with Crippen LogP contribution in [0.4, 0.5) is 5.69 Å². The number of nitro groups is 1. The molecule has 1 unspecified atom stereocenters. The summed E-state index contributed by atoms with van der Waals surface area (Å²) in [5, 5.41) is 13.4. The van der Waals surface area contributed by atoms with Crippen LogP contribution >= 0.6 is 12.4 Å². The lowest BCUT2D eigenvalue weighted by Gasteiger charge is -2.33. The van der Waals surface area contributed by atoms with E-state index in [0.717, 1.165) is 24.3 Å². The molecule has 0 saturated carbocycles. The number of non-ortho nitro benzene ring substituents is 1. The molecule has 0 spiro atoms. The second-order valence-electron chi connectivity index (χ2n) is 6.22. The zero-order valence-electron chi connectivity index (χ0n) is 14.9. The van der Waals surface area contributed by atoms with E-state index in [1.165, 1.54) is 0 Å². The van der Waals surface area contributed by atoms with Gasteiger partial charge >= 0.3 is 0 Å². The lowest BCUT2D eigenvalue weighted by Crippen LogP contribution is -2.55. The Morgan fingerprint density at radius 3 is 2.27 bits per heavy atom. The first-order chi connectivity index (χ1) is 11.5. The normalized spacial score (nSPS) is 13.6. The molecule has 0 bridgehead atoms. The van der Waals surface area contributed by atoms with Crippen molar-refractivity contribution in [3.63, 3.8) is 0 Å². The van der Waals surface area contributed by atoms with Gasteiger partial charge in [0.05, 0.1) is 15.4 Å². The minimum Gasteiger partial charge on any atom is -0.349 e. The van der Waals surface area contributed by atoms with Crippen molar-refractivity contribution in [2.75, 3.05) is 13.1 Å². The van der Waals surface area contributed by atoms with Crippen LogP contribution in [-0.2, 0) is 14.8 Å². The van der Waals surface area contributed by atoms with Gasteiger partial charge in [0.25, 0.3) is 5.69 Å². The molecule has 11 heteroatoms. The molecule has 1 atom stereocenters. The molecular weight excluding hydrogens is 384 g/mol.